The fourth-order valence-corrected chi connectivity index (χ4v) is 1.74. The van der Waals surface area contributed by atoms with Crippen molar-refractivity contribution in [3.63, 3.8) is 0 Å². The van der Waals surface area contributed by atoms with Gasteiger partial charge in [-0.2, -0.15) is 0 Å². The molecule has 4 nitrogen and oxygen atoms in total. The van der Waals surface area contributed by atoms with Crippen molar-refractivity contribution in [3.8, 4) is 5.75 Å². The van der Waals surface area contributed by atoms with Gasteiger partial charge in [-0.05, 0) is 36.2 Å². The second-order valence-electron chi connectivity index (χ2n) is 4.33. The molecule has 4 N–H and O–H groups in total. The Labute approximate surface area is 111 Å². The fraction of sp³-hybridized carbons (Fsp3) is 0.133. The molecule has 0 bridgehead atoms. The Hall–Kier alpha value is -2.33. The molecule has 98 valence electrons. The van der Waals surface area contributed by atoms with Gasteiger partial charge in [-0.15, -0.1) is 0 Å². The zero-order valence-electron chi connectivity index (χ0n) is 10.4. The lowest BCUT2D eigenvalue weighted by Crippen LogP contribution is -2.37. The lowest BCUT2D eigenvalue weighted by Gasteiger charge is -2.12. The molecule has 2 rings (SSSR count). The van der Waals surface area contributed by atoms with E-state index in [0.29, 0.717) is 12.1 Å². The molecule has 19 heavy (non-hydrogen) atoms. The van der Waals surface area contributed by atoms with Crippen LogP contribution < -0.4 is 11.1 Å². The van der Waals surface area contributed by atoms with E-state index in [0.717, 1.165) is 5.56 Å². The van der Waals surface area contributed by atoms with Gasteiger partial charge in [-0.1, -0.05) is 30.3 Å². The van der Waals surface area contributed by atoms with E-state index in [1.807, 2.05) is 30.3 Å². The Bertz CT molecular complexity index is 538. The normalized spacial score (nSPS) is 11.8. The maximum Gasteiger partial charge on any atom is 0.241 e. The summed E-state index contributed by atoms with van der Waals surface area (Å²) in [6.07, 6.45) is 0.491. The van der Waals surface area contributed by atoms with Crippen LogP contribution in [0.2, 0.25) is 0 Å². The number of carbonyl (C=O) groups excluding carboxylic acids is 1. The summed E-state index contributed by atoms with van der Waals surface area (Å²) in [6.45, 7) is 0. The highest BCUT2D eigenvalue weighted by atomic mass is 16.3. The Morgan fingerprint density at radius 2 is 1.74 bits per heavy atom. The van der Waals surface area contributed by atoms with Gasteiger partial charge < -0.3 is 16.2 Å². The molecule has 0 aromatic heterocycles. The number of amides is 1. The summed E-state index contributed by atoms with van der Waals surface area (Å²) in [5.41, 5.74) is 7.51. The molecular formula is C15H16N2O2. The Kier molecular flexibility index (Phi) is 4.15. The van der Waals surface area contributed by atoms with E-state index in [1.165, 1.54) is 12.1 Å². The number of nitrogens with two attached hydrogens (primary N) is 1. The van der Waals surface area contributed by atoms with Gasteiger partial charge in [-0.3, -0.25) is 4.79 Å². The summed E-state index contributed by atoms with van der Waals surface area (Å²) < 4.78 is 0. The number of phenols is 1. The summed E-state index contributed by atoms with van der Waals surface area (Å²) in [5, 5.41) is 11.9. The Morgan fingerprint density at radius 1 is 1.11 bits per heavy atom. The van der Waals surface area contributed by atoms with Crippen LogP contribution in [0.4, 0.5) is 5.69 Å². The molecular weight excluding hydrogens is 240 g/mol. The van der Waals surface area contributed by atoms with Crippen LogP contribution in [-0.4, -0.2) is 17.1 Å². The quantitative estimate of drug-likeness (QED) is 0.731. The highest BCUT2D eigenvalue weighted by Gasteiger charge is 2.14. The topological polar surface area (TPSA) is 75.4 Å². The van der Waals surface area contributed by atoms with Crippen molar-refractivity contribution in [2.75, 3.05) is 5.32 Å². The minimum absolute atomic E-state index is 0.159. The predicted octanol–water partition coefficient (Wildman–Crippen LogP) is 1.90. The molecule has 1 amide bonds. The number of rotatable bonds is 4. The summed E-state index contributed by atoms with van der Waals surface area (Å²) >= 11 is 0. The first-order valence-corrected chi connectivity index (χ1v) is 6.04. The van der Waals surface area contributed by atoms with Crippen LogP contribution in [0, 0.1) is 0 Å². The molecule has 0 saturated carbocycles. The van der Waals surface area contributed by atoms with Gasteiger partial charge in [0.05, 0.1) is 6.04 Å². The van der Waals surface area contributed by atoms with Gasteiger partial charge in [-0.25, -0.2) is 0 Å². The van der Waals surface area contributed by atoms with Crippen LogP contribution in [-0.2, 0) is 11.2 Å². The first kappa shape index (κ1) is 13.1. The van der Waals surface area contributed by atoms with E-state index in [4.69, 9.17) is 10.8 Å². The van der Waals surface area contributed by atoms with Crippen molar-refractivity contribution >= 4 is 11.6 Å². The van der Waals surface area contributed by atoms with Crippen molar-refractivity contribution in [2.45, 2.75) is 12.5 Å². The molecule has 0 fully saturated rings. The first-order chi connectivity index (χ1) is 9.15. The second-order valence-corrected chi connectivity index (χ2v) is 4.33. The van der Waals surface area contributed by atoms with E-state index < -0.39 is 6.04 Å². The smallest absolute Gasteiger partial charge is 0.241 e. The summed E-state index contributed by atoms with van der Waals surface area (Å²) in [4.78, 5) is 11.9. The van der Waals surface area contributed by atoms with Crippen LogP contribution >= 0.6 is 0 Å². The average molecular weight is 256 g/mol. The molecule has 2 aromatic rings. The minimum atomic E-state index is -0.601. The third-order valence-electron chi connectivity index (χ3n) is 2.77. The number of carbonyl (C=O) groups is 1. The van der Waals surface area contributed by atoms with Crippen molar-refractivity contribution in [3.05, 3.63) is 60.2 Å². The van der Waals surface area contributed by atoms with Gasteiger partial charge >= 0.3 is 0 Å². The first-order valence-electron chi connectivity index (χ1n) is 6.04. The number of anilines is 1. The molecule has 0 aliphatic carbocycles. The summed E-state index contributed by atoms with van der Waals surface area (Å²) in [6, 6.07) is 15.3. The maximum atomic E-state index is 11.9. The van der Waals surface area contributed by atoms with Crippen molar-refractivity contribution in [1.29, 1.82) is 0 Å². The fourth-order valence-electron chi connectivity index (χ4n) is 1.74. The molecule has 1 atom stereocenters. The van der Waals surface area contributed by atoms with Crippen molar-refractivity contribution in [1.82, 2.24) is 0 Å². The molecule has 1 unspecified atom stereocenters. The van der Waals surface area contributed by atoms with Crippen LogP contribution in [0.1, 0.15) is 5.56 Å². The van der Waals surface area contributed by atoms with E-state index >= 15 is 0 Å². The monoisotopic (exact) mass is 256 g/mol. The summed E-state index contributed by atoms with van der Waals surface area (Å²) in [5.74, 6) is -0.0823. The third kappa shape index (κ3) is 3.82. The van der Waals surface area contributed by atoms with E-state index in [-0.39, 0.29) is 11.7 Å². The molecule has 4 heteroatoms. The van der Waals surface area contributed by atoms with Crippen molar-refractivity contribution < 1.29 is 9.90 Å². The number of hydrogen-bond acceptors (Lipinski definition) is 3. The van der Waals surface area contributed by atoms with Crippen LogP contribution in [0.3, 0.4) is 0 Å². The highest BCUT2D eigenvalue weighted by molar-refractivity contribution is 5.94. The molecule has 0 heterocycles. The summed E-state index contributed by atoms with van der Waals surface area (Å²) in [7, 11) is 0. The molecule has 0 aliphatic heterocycles. The average Bonchev–Trinajstić information content (AvgIpc) is 2.42. The van der Waals surface area contributed by atoms with E-state index in [1.54, 1.807) is 12.1 Å². The molecule has 2 aromatic carbocycles. The zero-order chi connectivity index (χ0) is 13.7. The van der Waals surface area contributed by atoms with Gasteiger partial charge in [0, 0.05) is 5.69 Å². The predicted molar refractivity (Wildman–Crippen MR) is 74.9 cm³/mol. The maximum absolute atomic E-state index is 11.9. The van der Waals surface area contributed by atoms with Crippen LogP contribution in [0.25, 0.3) is 0 Å². The Balaban J connectivity index is 1.94. The number of benzene rings is 2. The molecule has 0 aliphatic rings. The van der Waals surface area contributed by atoms with Crippen LogP contribution in [0.5, 0.6) is 5.75 Å². The molecule has 0 saturated heterocycles. The van der Waals surface area contributed by atoms with Crippen molar-refractivity contribution in [2.24, 2.45) is 5.73 Å². The van der Waals surface area contributed by atoms with E-state index in [2.05, 4.69) is 5.32 Å². The van der Waals surface area contributed by atoms with Crippen LogP contribution in [0.15, 0.2) is 54.6 Å². The number of nitrogens with one attached hydrogen (secondary N) is 1. The minimum Gasteiger partial charge on any atom is -0.508 e. The standard InChI is InChI=1S/C15H16N2O2/c16-14(10-11-4-2-1-3-5-11)15(19)17-12-6-8-13(18)9-7-12/h1-9,14,18H,10,16H2,(H,17,19). The van der Waals surface area contributed by atoms with E-state index in [9.17, 15) is 4.79 Å². The molecule has 0 spiro atoms. The zero-order valence-corrected chi connectivity index (χ0v) is 10.4. The third-order valence-corrected chi connectivity index (χ3v) is 2.77. The SMILES string of the molecule is NC(Cc1ccccc1)C(=O)Nc1ccc(O)cc1. The van der Waals surface area contributed by atoms with Gasteiger partial charge in [0.25, 0.3) is 0 Å². The molecule has 0 radical (unpaired) electrons. The lowest BCUT2D eigenvalue weighted by atomic mass is 10.1. The number of phenolic OH excluding ortho intramolecular Hbond substituents is 1. The second kappa shape index (κ2) is 6.02. The Morgan fingerprint density at radius 3 is 2.37 bits per heavy atom. The largest absolute Gasteiger partial charge is 0.508 e. The number of aromatic hydroxyl groups is 1. The lowest BCUT2D eigenvalue weighted by molar-refractivity contribution is -0.117. The highest BCUT2D eigenvalue weighted by Crippen LogP contribution is 2.14. The number of hydrogen-bond donors (Lipinski definition) is 3. The van der Waals surface area contributed by atoms with Gasteiger partial charge in [0.2, 0.25) is 5.91 Å². The van der Waals surface area contributed by atoms with Gasteiger partial charge in [0.15, 0.2) is 0 Å². The van der Waals surface area contributed by atoms with Gasteiger partial charge in [0.1, 0.15) is 5.75 Å².